The van der Waals surface area contributed by atoms with Gasteiger partial charge in [0.05, 0.1) is 22.4 Å². The second kappa shape index (κ2) is 7.41. The highest BCUT2D eigenvalue weighted by Crippen LogP contribution is 2.46. The van der Waals surface area contributed by atoms with E-state index in [2.05, 4.69) is 15.6 Å². The van der Waals surface area contributed by atoms with E-state index < -0.39 is 0 Å². The van der Waals surface area contributed by atoms with Crippen LogP contribution in [0.5, 0.6) is 11.5 Å². The van der Waals surface area contributed by atoms with Gasteiger partial charge in [0.1, 0.15) is 21.2 Å². The predicted molar refractivity (Wildman–Crippen MR) is 122 cm³/mol. The van der Waals surface area contributed by atoms with Crippen LogP contribution in [0.4, 0.5) is 21.9 Å². The molecule has 5 rings (SSSR count). The van der Waals surface area contributed by atoms with Crippen molar-refractivity contribution in [2.24, 2.45) is 0 Å². The summed E-state index contributed by atoms with van der Waals surface area (Å²) >= 11 is 1.26. The van der Waals surface area contributed by atoms with Crippen molar-refractivity contribution in [3.05, 3.63) is 71.2 Å². The predicted octanol–water partition coefficient (Wildman–Crippen LogP) is 5.44. The number of nitrogens with zero attached hydrogens (tertiary/aromatic N) is 2. The van der Waals surface area contributed by atoms with E-state index in [0.717, 1.165) is 22.4 Å². The van der Waals surface area contributed by atoms with Crippen LogP contribution in [0, 0.1) is 6.92 Å². The minimum absolute atomic E-state index is 0.253. The Morgan fingerprint density at radius 1 is 1.10 bits per heavy atom. The van der Waals surface area contributed by atoms with E-state index in [1.807, 2.05) is 55.5 Å². The van der Waals surface area contributed by atoms with E-state index in [9.17, 15) is 9.59 Å². The molecular formula is C23H18N4O3S. The lowest BCUT2D eigenvalue weighted by molar-refractivity contribution is 0.0968. The third kappa shape index (κ3) is 3.17. The summed E-state index contributed by atoms with van der Waals surface area (Å²) < 4.78 is 5.91. The molecule has 154 valence electrons. The number of anilines is 3. The maximum Gasteiger partial charge on any atom is 0.331 e. The van der Waals surface area contributed by atoms with Gasteiger partial charge in [0.2, 0.25) is 0 Å². The van der Waals surface area contributed by atoms with Crippen LogP contribution in [0.15, 0.2) is 60.8 Å². The fourth-order valence-electron chi connectivity index (χ4n) is 3.66. The highest BCUT2D eigenvalue weighted by molar-refractivity contribution is 7.21. The largest absolute Gasteiger partial charge is 0.457 e. The number of aryl methyl sites for hydroxylation is 1. The van der Waals surface area contributed by atoms with Crippen LogP contribution in [0.1, 0.15) is 15.2 Å². The number of nitrogens with one attached hydrogen (secondary N) is 2. The van der Waals surface area contributed by atoms with E-state index in [1.54, 1.807) is 24.2 Å². The first-order chi connectivity index (χ1) is 15.1. The molecule has 7 nitrogen and oxygen atoms in total. The number of carbonyl (C=O) groups excluding carboxylic acids is 2. The van der Waals surface area contributed by atoms with Gasteiger partial charge in [0.15, 0.2) is 0 Å². The number of thiophene rings is 1. The van der Waals surface area contributed by atoms with Crippen molar-refractivity contribution in [1.82, 2.24) is 10.3 Å². The molecule has 4 aromatic rings. The molecule has 31 heavy (non-hydrogen) atoms. The third-order valence-electron chi connectivity index (χ3n) is 5.07. The van der Waals surface area contributed by atoms with Crippen molar-refractivity contribution in [2.45, 2.75) is 6.92 Å². The van der Waals surface area contributed by atoms with Crippen LogP contribution in [0.2, 0.25) is 0 Å². The number of ether oxygens (including phenoxy) is 1. The molecule has 1 aliphatic rings. The molecule has 0 radical (unpaired) electrons. The van der Waals surface area contributed by atoms with Crippen LogP contribution >= 0.6 is 11.3 Å². The SMILES string of the molecule is CNC(=O)c1sc2nccc3c2c1NC(=O)N3c1ccc(Oc2ccccc2)cc1C. The molecule has 0 bridgehead atoms. The Kier molecular flexibility index (Phi) is 4.56. The average Bonchev–Trinajstić information content (AvgIpc) is 3.14. The molecule has 0 fully saturated rings. The van der Waals surface area contributed by atoms with E-state index in [1.165, 1.54) is 11.3 Å². The smallest absolute Gasteiger partial charge is 0.331 e. The zero-order valence-electron chi connectivity index (χ0n) is 16.8. The number of rotatable bonds is 4. The molecule has 0 unspecified atom stereocenters. The van der Waals surface area contributed by atoms with Crippen molar-refractivity contribution in [3.8, 4) is 11.5 Å². The van der Waals surface area contributed by atoms with Crippen LogP contribution in [0.3, 0.4) is 0 Å². The summed E-state index contributed by atoms with van der Waals surface area (Å²) in [6, 6.07) is 16.6. The number of urea groups is 1. The minimum Gasteiger partial charge on any atom is -0.457 e. The molecule has 2 aromatic heterocycles. The number of hydrogen-bond donors (Lipinski definition) is 2. The van der Waals surface area contributed by atoms with Gasteiger partial charge in [0, 0.05) is 13.2 Å². The molecule has 0 atom stereocenters. The lowest BCUT2D eigenvalue weighted by atomic mass is 10.1. The Bertz CT molecular complexity index is 1330. The zero-order chi connectivity index (χ0) is 21.5. The summed E-state index contributed by atoms with van der Waals surface area (Å²) in [5.74, 6) is 1.17. The summed E-state index contributed by atoms with van der Waals surface area (Å²) in [7, 11) is 1.56. The first-order valence-corrected chi connectivity index (χ1v) is 10.5. The van der Waals surface area contributed by atoms with Gasteiger partial charge in [-0.05, 0) is 48.9 Å². The Hall–Kier alpha value is -3.91. The third-order valence-corrected chi connectivity index (χ3v) is 6.16. The maximum absolute atomic E-state index is 13.1. The standard InChI is InChI=1S/C23H18N4O3S/c1-13-12-15(30-14-6-4-3-5-7-14)8-9-16(13)27-17-10-11-25-22-18(17)19(26-23(27)29)20(31-22)21(28)24-2/h3-12H,1-2H3,(H,24,28)(H,26,29). The van der Waals surface area contributed by atoms with Crippen LogP contribution < -0.4 is 20.3 Å². The molecule has 0 aliphatic carbocycles. The van der Waals surface area contributed by atoms with Gasteiger partial charge >= 0.3 is 6.03 Å². The van der Waals surface area contributed by atoms with Crippen LogP contribution in [-0.4, -0.2) is 24.0 Å². The van der Waals surface area contributed by atoms with Gasteiger partial charge in [-0.2, -0.15) is 0 Å². The fraction of sp³-hybridized carbons (Fsp3) is 0.0870. The Labute approximate surface area is 182 Å². The van der Waals surface area contributed by atoms with Crippen molar-refractivity contribution >= 4 is 50.6 Å². The first kappa shape index (κ1) is 19.1. The highest BCUT2D eigenvalue weighted by atomic mass is 32.1. The van der Waals surface area contributed by atoms with E-state index in [-0.39, 0.29) is 11.9 Å². The van der Waals surface area contributed by atoms with Crippen molar-refractivity contribution in [2.75, 3.05) is 17.3 Å². The summed E-state index contributed by atoms with van der Waals surface area (Å²) in [5, 5.41) is 6.26. The van der Waals surface area contributed by atoms with E-state index >= 15 is 0 Å². The van der Waals surface area contributed by atoms with Crippen LogP contribution in [0.25, 0.3) is 10.2 Å². The molecule has 2 aromatic carbocycles. The van der Waals surface area contributed by atoms with Gasteiger partial charge in [-0.25, -0.2) is 9.78 Å². The number of amides is 3. The molecule has 0 spiro atoms. The van der Waals surface area contributed by atoms with Crippen molar-refractivity contribution in [3.63, 3.8) is 0 Å². The molecule has 3 heterocycles. The second-order valence-corrected chi connectivity index (χ2v) is 8.02. The van der Waals surface area contributed by atoms with Gasteiger partial charge in [-0.3, -0.25) is 9.69 Å². The Balaban J connectivity index is 1.58. The lowest BCUT2D eigenvalue weighted by Crippen LogP contribution is -2.35. The molecule has 0 saturated heterocycles. The number of pyridine rings is 1. The van der Waals surface area contributed by atoms with Crippen molar-refractivity contribution < 1.29 is 14.3 Å². The number of benzene rings is 2. The average molecular weight is 430 g/mol. The number of para-hydroxylation sites is 1. The Morgan fingerprint density at radius 2 is 1.90 bits per heavy atom. The Morgan fingerprint density at radius 3 is 2.65 bits per heavy atom. The van der Waals surface area contributed by atoms with E-state index in [4.69, 9.17) is 4.74 Å². The highest BCUT2D eigenvalue weighted by Gasteiger charge is 2.33. The summed E-state index contributed by atoms with van der Waals surface area (Å²) in [6.07, 6.45) is 1.65. The molecule has 3 amide bonds. The van der Waals surface area contributed by atoms with Gasteiger partial charge in [0.25, 0.3) is 5.91 Å². The van der Waals surface area contributed by atoms with E-state index in [0.29, 0.717) is 26.8 Å². The van der Waals surface area contributed by atoms with Crippen LogP contribution in [-0.2, 0) is 0 Å². The molecule has 1 aliphatic heterocycles. The molecule has 8 heteroatoms. The number of hydrogen-bond acceptors (Lipinski definition) is 5. The monoisotopic (exact) mass is 430 g/mol. The summed E-state index contributed by atoms with van der Waals surface area (Å²) in [4.78, 5) is 32.6. The number of carbonyl (C=O) groups is 2. The summed E-state index contributed by atoms with van der Waals surface area (Å²) in [5.41, 5.74) is 2.79. The molecule has 2 N–H and O–H groups in total. The van der Waals surface area contributed by atoms with Crippen molar-refractivity contribution in [1.29, 1.82) is 0 Å². The lowest BCUT2D eigenvalue weighted by Gasteiger charge is -2.29. The normalized spacial score (nSPS) is 12.6. The van der Waals surface area contributed by atoms with Gasteiger partial charge in [-0.15, -0.1) is 11.3 Å². The fourth-order valence-corrected chi connectivity index (χ4v) is 4.73. The van der Waals surface area contributed by atoms with Gasteiger partial charge in [-0.1, -0.05) is 18.2 Å². The number of aromatic nitrogens is 1. The quantitative estimate of drug-likeness (QED) is 0.452. The summed E-state index contributed by atoms with van der Waals surface area (Å²) in [6.45, 7) is 1.93. The second-order valence-electron chi connectivity index (χ2n) is 7.02. The first-order valence-electron chi connectivity index (χ1n) is 9.65. The zero-order valence-corrected chi connectivity index (χ0v) is 17.6. The maximum atomic E-state index is 13.1. The molecule has 0 saturated carbocycles. The minimum atomic E-state index is -0.330. The topological polar surface area (TPSA) is 83.6 Å². The molecular weight excluding hydrogens is 412 g/mol. The van der Waals surface area contributed by atoms with Gasteiger partial charge < -0.3 is 15.4 Å².